The largest absolute Gasteiger partial charge is 0.465 e. The van der Waals surface area contributed by atoms with Crippen molar-refractivity contribution in [2.24, 2.45) is 0 Å². The van der Waals surface area contributed by atoms with E-state index >= 15 is 0 Å². The van der Waals surface area contributed by atoms with Crippen molar-refractivity contribution in [2.75, 3.05) is 12.4 Å². The Morgan fingerprint density at radius 1 is 1.14 bits per heavy atom. The van der Waals surface area contributed by atoms with Gasteiger partial charge in [0.1, 0.15) is 0 Å². The van der Waals surface area contributed by atoms with E-state index in [0.29, 0.717) is 16.3 Å². The van der Waals surface area contributed by atoms with E-state index in [1.165, 1.54) is 31.4 Å². The van der Waals surface area contributed by atoms with Gasteiger partial charge >= 0.3 is 5.97 Å². The number of carbonyl (C=O) groups excluding carboxylic acids is 2. The smallest absolute Gasteiger partial charge is 0.337 e. The molecule has 0 aliphatic carbocycles. The number of esters is 1. The SMILES string of the molecule is COC(=O)c1ccc(Cl)c(NC(=O)/C=C/c2ccccc2)c1. The molecular formula is C17H14ClNO3. The highest BCUT2D eigenvalue weighted by atomic mass is 35.5. The Morgan fingerprint density at radius 2 is 1.86 bits per heavy atom. The molecule has 0 atom stereocenters. The molecule has 5 heteroatoms. The second kappa shape index (κ2) is 7.43. The average molecular weight is 316 g/mol. The molecule has 2 aromatic carbocycles. The van der Waals surface area contributed by atoms with E-state index in [4.69, 9.17) is 11.6 Å². The lowest BCUT2D eigenvalue weighted by Gasteiger charge is -2.07. The Morgan fingerprint density at radius 3 is 2.55 bits per heavy atom. The molecule has 0 spiro atoms. The third-order valence-corrected chi connectivity index (χ3v) is 3.20. The molecule has 22 heavy (non-hydrogen) atoms. The molecule has 2 aromatic rings. The summed E-state index contributed by atoms with van der Waals surface area (Å²) in [5, 5.41) is 2.98. The number of nitrogens with one attached hydrogen (secondary N) is 1. The van der Waals surface area contributed by atoms with E-state index in [-0.39, 0.29) is 5.91 Å². The van der Waals surface area contributed by atoms with Crippen LogP contribution in [0.2, 0.25) is 5.02 Å². The summed E-state index contributed by atoms with van der Waals surface area (Å²) < 4.78 is 4.63. The van der Waals surface area contributed by atoms with Gasteiger partial charge in [-0.15, -0.1) is 0 Å². The number of methoxy groups -OCH3 is 1. The summed E-state index contributed by atoms with van der Waals surface area (Å²) in [6, 6.07) is 14.0. The molecule has 4 nitrogen and oxygen atoms in total. The summed E-state index contributed by atoms with van der Waals surface area (Å²) >= 11 is 6.01. The van der Waals surface area contributed by atoms with Crippen LogP contribution in [0.1, 0.15) is 15.9 Å². The number of rotatable bonds is 4. The van der Waals surface area contributed by atoms with Gasteiger partial charge in [-0.1, -0.05) is 41.9 Å². The van der Waals surface area contributed by atoms with Crippen LogP contribution in [0, 0.1) is 0 Å². The summed E-state index contributed by atoms with van der Waals surface area (Å²) in [6.45, 7) is 0. The topological polar surface area (TPSA) is 55.4 Å². The van der Waals surface area contributed by atoms with Gasteiger partial charge in [-0.25, -0.2) is 4.79 Å². The Kier molecular flexibility index (Phi) is 5.33. The van der Waals surface area contributed by atoms with Gasteiger partial charge < -0.3 is 10.1 Å². The van der Waals surface area contributed by atoms with Gasteiger partial charge in [0.15, 0.2) is 0 Å². The fraction of sp³-hybridized carbons (Fsp3) is 0.0588. The van der Waals surface area contributed by atoms with Gasteiger partial charge in [0.25, 0.3) is 0 Å². The van der Waals surface area contributed by atoms with Gasteiger partial charge in [0.2, 0.25) is 5.91 Å². The minimum atomic E-state index is -0.494. The van der Waals surface area contributed by atoms with E-state index in [9.17, 15) is 9.59 Å². The lowest BCUT2D eigenvalue weighted by atomic mass is 10.2. The number of amides is 1. The second-order valence-electron chi connectivity index (χ2n) is 4.42. The molecule has 0 fully saturated rings. The molecule has 0 heterocycles. The predicted octanol–water partition coefficient (Wildman–Crippen LogP) is 3.78. The Balaban J connectivity index is 2.11. The molecule has 0 aliphatic rings. The molecule has 0 radical (unpaired) electrons. The summed E-state index contributed by atoms with van der Waals surface area (Å²) in [6.07, 6.45) is 3.09. The highest BCUT2D eigenvalue weighted by Crippen LogP contribution is 2.23. The molecule has 1 amide bonds. The molecule has 0 saturated heterocycles. The molecule has 1 N–H and O–H groups in total. The minimum absolute atomic E-state index is 0.314. The number of ether oxygens (including phenoxy) is 1. The first kappa shape index (κ1) is 15.8. The molecule has 0 bridgehead atoms. The number of hydrogen-bond donors (Lipinski definition) is 1. The molecule has 0 aromatic heterocycles. The molecule has 0 saturated carbocycles. The quantitative estimate of drug-likeness (QED) is 0.690. The van der Waals surface area contributed by atoms with Crippen molar-refractivity contribution in [1.82, 2.24) is 0 Å². The Labute approximate surface area is 133 Å². The molecule has 2 rings (SSSR count). The molecule has 0 unspecified atom stereocenters. The van der Waals surface area contributed by atoms with Crippen molar-refractivity contribution in [3.8, 4) is 0 Å². The van der Waals surface area contributed by atoms with Crippen molar-refractivity contribution >= 4 is 35.2 Å². The highest BCUT2D eigenvalue weighted by Gasteiger charge is 2.10. The number of benzene rings is 2. The normalized spacial score (nSPS) is 10.5. The van der Waals surface area contributed by atoms with Gasteiger partial charge in [-0.2, -0.15) is 0 Å². The number of halogens is 1. The van der Waals surface area contributed by atoms with Crippen molar-refractivity contribution in [2.45, 2.75) is 0 Å². The molecule has 0 aliphatic heterocycles. The van der Waals surface area contributed by atoms with Gasteiger partial charge in [0.05, 0.1) is 23.4 Å². The van der Waals surface area contributed by atoms with Crippen LogP contribution in [0.3, 0.4) is 0 Å². The van der Waals surface area contributed by atoms with E-state index in [2.05, 4.69) is 10.1 Å². The zero-order valence-corrected chi connectivity index (χ0v) is 12.6. The standard InChI is InChI=1S/C17H14ClNO3/c1-22-17(21)13-8-9-14(18)15(11-13)19-16(20)10-7-12-5-3-2-4-6-12/h2-11H,1H3,(H,19,20)/b10-7+. The van der Waals surface area contributed by atoms with Crippen molar-refractivity contribution < 1.29 is 14.3 Å². The van der Waals surface area contributed by atoms with Crippen molar-refractivity contribution in [3.63, 3.8) is 0 Å². The first-order valence-corrected chi connectivity index (χ1v) is 6.90. The first-order chi connectivity index (χ1) is 10.6. The van der Waals surface area contributed by atoms with Crippen molar-refractivity contribution in [1.29, 1.82) is 0 Å². The third-order valence-electron chi connectivity index (χ3n) is 2.87. The van der Waals surface area contributed by atoms with E-state index in [1.54, 1.807) is 6.08 Å². The second-order valence-corrected chi connectivity index (χ2v) is 4.83. The fourth-order valence-corrected chi connectivity index (χ4v) is 1.94. The van der Waals surface area contributed by atoms with E-state index in [1.807, 2.05) is 30.3 Å². The predicted molar refractivity (Wildman–Crippen MR) is 86.9 cm³/mol. The van der Waals surface area contributed by atoms with Crippen LogP contribution in [-0.4, -0.2) is 19.0 Å². The van der Waals surface area contributed by atoms with Crippen LogP contribution in [0.4, 0.5) is 5.69 Å². The first-order valence-electron chi connectivity index (χ1n) is 6.52. The lowest BCUT2D eigenvalue weighted by Crippen LogP contribution is -2.09. The average Bonchev–Trinajstić information content (AvgIpc) is 2.55. The van der Waals surface area contributed by atoms with Crippen LogP contribution < -0.4 is 5.32 Å². The summed E-state index contributed by atoms with van der Waals surface area (Å²) in [4.78, 5) is 23.4. The zero-order chi connectivity index (χ0) is 15.9. The summed E-state index contributed by atoms with van der Waals surface area (Å²) in [5.41, 5.74) is 1.58. The maximum absolute atomic E-state index is 11.9. The maximum atomic E-state index is 11.9. The van der Waals surface area contributed by atoms with Gasteiger partial charge in [-0.3, -0.25) is 4.79 Å². The fourth-order valence-electron chi connectivity index (χ4n) is 1.78. The van der Waals surface area contributed by atoms with Crippen LogP contribution in [0.25, 0.3) is 6.08 Å². The van der Waals surface area contributed by atoms with Crippen LogP contribution in [0.15, 0.2) is 54.6 Å². The summed E-state index contributed by atoms with van der Waals surface area (Å²) in [7, 11) is 1.29. The van der Waals surface area contributed by atoms with Crippen LogP contribution in [-0.2, 0) is 9.53 Å². The molecular weight excluding hydrogens is 302 g/mol. The maximum Gasteiger partial charge on any atom is 0.337 e. The zero-order valence-electron chi connectivity index (χ0n) is 11.9. The Hall–Kier alpha value is -2.59. The van der Waals surface area contributed by atoms with Gasteiger partial charge in [0, 0.05) is 6.08 Å². The van der Waals surface area contributed by atoms with Gasteiger partial charge in [-0.05, 0) is 29.8 Å². The number of anilines is 1. The summed E-state index contributed by atoms with van der Waals surface area (Å²) in [5.74, 6) is -0.834. The number of hydrogen-bond acceptors (Lipinski definition) is 3. The van der Waals surface area contributed by atoms with E-state index in [0.717, 1.165) is 5.56 Å². The third kappa shape index (κ3) is 4.20. The van der Waals surface area contributed by atoms with Crippen molar-refractivity contribution in [3.05, 3.63) is 70.8 Å². The van der Waals surface area contributed by atoms with E-state index < -0.39 is 5.97 Å². The Bertz CT molecular complexity index is 711. The monoisotopic (exact) mass is 315 g/mol. The van der Waals surface area contributed by atoms with Crippen LogP contribution >= 0.6 is 11.6 Å². The minimum Gasteiger partial charge on any atom is -0.465 e. The highest BCUT2D eigenvalue weighted by molar-refractivity contribution is 6.34. The lowest BCUT2D eigenvalue weighted by molar-refractivity contribution is -0.111. The molecule has 112 valence electrons. The van der Waals surface area contributed by atoms with Crippen LogP contribution in [0.5, 0.6) is 0 Å². The number of carbonyl (C=O) groups is 2.